The molecule has 0 radical (unpaired) electrons. The van der Waals surface area contributed by atoms with E-state index in [0.29, 0.717) is 13.2 Å². The quantitative estimate of drug-likeness (QED) is 0.781. The van der Waals surface area contributed by atoms with Crippen LogP contribution in [0.4, 0.5) is 0 Å². The second kappa shape index (κ2) is 5.82. The Balaban J connectivity index is 1.87. The van der Waals surface area contributed by atoms with Crippen LogP contribution in [-0.4, -0.2) is 0 Å². The molecule has 0 fully saturated rings. The topological polar surface area (TPSA) is 9.23 Å². The van der Waals surface area contributed by atoms with E-state index in [2.05, 4.69) is 22.0 Å². The molecule has 1 aromatic carbocycles. The minimum Gasteiger partial charge on any atom is -0.371 e. The minimum absolute atomic E-state index is 0.551. The molecule has 1 aromatic heterocycles. The van der Waals surface area contributed by atoms with Gasteiger partial charge in [-0.15, -0.1) is 11.3 Å². The summed E-state index contributed by atoms with van der Waals surface area (Å²) in [7, 11) is 0. The molecule has 84 valence electrons. The van der Waals surface area contributed by atoms with Crippen molar-refractivity contribution in [2.45, 2.75) is 13.2 Å². The zero-order valence-corrected chi connectivity index (χ0v) is 11.6. The monoisotopic (exact) mass is 316 g/mol. The van der Waals surface area contributed by atoms with Crippen LogP contribution in [0.1, 0.15) is 10.4 Å². The number of thiophene rings is 1. The van der Waals surface area contributed by atoms with Gasteiger partial charge in [0.05, 0.1) is 17.0 Å². The molecule has 0 amide bonds. The number of halogens is 2. The van der Waals surface area contributed by atoms with Crippen LogP contribution in [0.3, 0.4) is 0 Å². The number of hydrogen-bond acceptors (Lipinski definition) is 2. The minimum atomic E-state index is 0.551. The van der Waals surface area contributed by atoms with Crippen molar-refractivity contribution >= 4 is 38.9 Å². The highest BCUT2D eigenvalue weighted by atomic mass is 79.9. The van der Waals surface area contributed by atoms with Crippen molar-refractivity contribution in [2.75, 3.05) is 0 Å². The van der Waals surface area contributed by atoms with Gasteiger partial charge in [0.15, 0.2) is 0 Å². The largest absolute Gasteiger partial charge is 0.371 e. The van der Waals surface area contributed by atoms with Crippen molar-refractivity contribution in [2.24, 2.45) is 0 Å². The van der Waals surface area contributed by atoms with Crippen molar-refractivity contribution in [1.82, 2.24) is 0 Å². The Morgan fingerprint density at radius 1 is 1.12 bits per heavy atom. The summed E-state index contributed by atoms with van der Waals surface area (Å²) in [6.45, 7) is 1.18. The van der Waals surface area contributed by atoms with Gasteiger partial charge in [-0.1, -0.05) is 29.8 Å². The highest BCUT2D eigenvalue weighted by Crippen LogP contribution is 2.23. The molecular formula is C12H10BrClOS. The van der Waals surface area contributed by atoms with E-state index in [1.807, 2.05) is 30.3 Å². The van der Waals surface area contributed by atoms with Gasteiger partial charge >= 0.3 is 0 Å². The molecular weight excluding hydrogens is 308 g/mol. The highest BCUT2D eigenvalue weighted by Gasteiger charge is 2.01. The van der Waals surface area contributed by atoms with E-state index in [0.717, 1.165) is 14.4 Å². The average molecular weight is 318 g/mol. The Bertz CT molecular complexity index is 470. The van der Waals surface area contributed by atoms with Crippen molar-refractivity contribution in [3.8, 4) is 0 Å². The number of hydrogen-bond donors (Lipinski definition) is 0. The summed E-state index contributed by atoms with van der Waals surface area (Å²) in [5.41, 5.74) is 1.03. The van der Waals surface area contributed by atoms with E-state index >= 15 is 0 Å². The fourth-order valence-corrected chi connectivity index (χ4v) is 2.92. The zero-order valence-electron chi connectivity index (χ0n) is 8.45. The van der Waals surface area contributed by atoms with Crippen LogP contribution < -0.4 is 0 Å². The van der Waals surface area contributed by atoms with Crippen molar-refractivity contribution in [3.63, 3.8) is 0 Å². The van der Waals surface area contributed by atoms with Gasteiger partial charge in [0.25, 0.3) is 0 Å². The zero-order chi connectivity index (χ0) is 11.4. The molecule has 0 atom stereocenters. The van der Waals surface area contributed by atoms with E-state index in [9.17, 15) is 0 Å². The van der Waals surface area contributed by atoms with Crippen LogP contribution in [0.25, 0.3) is 0 Å². The van der Waals surface area contributed by atoms with Crippen molar-refractivity contribution in [3.05, 3.63) is 55.6 Å². The summed E-state index contributed by atoms with van der Waals surface area (Å²) >= 11 is 11.1. The van der Waals surface area contributed by atoms with Gasteiger partial charge in [-0.05, 0) is 39.7 Å². The summed E-state index contributed by atoms with van der Waals surface area (Å²) in [5, 5.41) is 0.759. The van der Waals surface area contributed by atoms with Gasteiger partial charge in [-0.25, -0.2) is 0 Å². The predicted octanol–water partition coefficient (Wildman–Crippen LogP) is 4.88. The molecule has 2 aromatic rings. The normalized spacial score (nSPS) is 10.6. The molecule has 0 aliphatic heterocycles. The Hall–Kier alpha value is -0.350. The first kappa shape index (κ1) is 12.1. The van der Waals surface area contributed by atoms with Gasteiger partial charge in [0.2, 0.25) is 0 Å². The van der Waals surface area contributed by atoms with Crippen LogP contribution in [0, 0.1) is 0 Å². The summed E-state index contributed by atoms with van der Waals surface area (Å²) in [5.74, 6) is 0. The molecule has 0 unspecified atom stereocenters. The number of rotatable bonds is 4. The molecule has 1 nitrogen and oxygen atoms in total. The van der Waals surface area contributed by atoms with Crippen LogP contribution >= 0.6 is 38.9 Å². The molecule has 0 bridgehead atoms. The summed E-state index contributed by atoms with van der Waals surface area (Å²) in [6, 6.07) is 11.8. The molecule has 2 rings (SSSR count). The molecule has 16 heavy (non-hydrogen) atoms. The molecule has 0 aliphatic rings. The fraction of sp³-hybridized carbons (Fsp3) is 0.167. The van der Waals surface area contributed by atoms with E-state index < -0.39 is 0 Å². The lowest BCUT2D eigenvalue weighted by molar-refractivity contribution is 0.109. The third-order valence-corrected chi connectivity index (χ3v) is 4.05. The van der Waals surface area contributed by atoms with Gasteiger partial charge in [0.1, 0.15) is 0 Å². The van der Waals surface area contributed by atoms with Gasteiger partial charge in [-0.3, -0.25) is 0 Å². The van der Waals surface area contributed by atoms with Crippen LogP contribution in [0.2, 0.25) is 5.02 Å². The molecule has 0 spiro atoms. The maximum absolute atomic E-state index is 6.03. The molecule has 0 saturated carbocycles. The summed E-state index contributed by atoms with van der Waals surface area (Å²) < 4.78 is 6.73. The average Bonchev–Trinajstić information content (AvgIpc) is 2.67. The molecule has 4 heteroatoms. The number of benzene rings is 1. The van der Waals surface area contributed by atoms with E-state index in [-0.39, 0.29) is 0 Å². The third-order valence-electron chi connectivity index (χ3n) is 2.09. The Kier molecular flexibility index (Phi) is 4.41. The fourth-order valence-electron chi connectivity index (χ4n) is 1.31. The Labute approximate surface area is 112 Å². The second-order valence-corrected chi connectivity index (χ2v) is 6.24. The SMILES string of the molecule is Clc1ccccc1COCc1ccc(Br)s1. The lowest BCUT2D eigenvalue weighted by Gasteiger charge is -2.04. The van der Waals surface area contributed by atoms with Crippen LogP contribution in [0.5, 0.6) is 0 Å². The van der Waals surface area contributed by atoms with Gasteiger partial charge in [0, 0.05) is 9.90 Å². The standard InChI is InChI=1S/C12H10BrClOS/c13-12-6-5-10(16-12)8-15-7-9-3-1-2-4-11(9)14/h1-6H,7-8H2. The first-order valence-electron chi connectivity index (χ1n) is 4.81. The smallest absolute Gasteiger partial charge is 0.0814 e. The van der Waals surface area contributed by atoms with Crippen molar-refractivity contribution in [1.29, 1.82) is 0 Å². The van der Waals surface area contributed by atoms with Crippen LogP contribution in [-0.2, 0) is 18.0 Å². The Morgan fingerprint density at radius 2 is 1.94 bits per heavy atom. The molecule has 0 saturated heterocycles. The Morgan fingerprint density at radius 3 is 2.62 bits per heavy atom. The molecule has 0 aliphatic carbocycles. The molecule has 1 heterocycles. The first-order chi connectivity index (χ1) is 7.75. The van der Waals surface area contributed by atoms with E-state index in [1.165, 1.54) is 4.88 Å². The summed E-state index contributed by atoms with van der Waals surface area (Å²) in [6.07, 6.45) is 0. The van der Waals surface area contributed by atoms with Crippen LogP contribution in [0.15, 0.2) is 40.2 Å². The predicted molar refractivity (Wildman–Crippen MR) is 72.0 cm³/mol. The van der Waals surface area contributed by atoms with Crippen molar-refractivity contribution < 1.29 is 4.74 Å². The van der Waals surface area contributed by atoms with Gasteiger partial charge in [-0.2, -0.15) is 0 Å². The lowest BCUT2D eigenvalue weighted by Crippen LogP contribution is -1.92. The summed E-state index contributed by atoms with van der Waals surface area (Å²) in [4.78, 5) is 1.21. The van der Waals surface area contributed by atoms with Gasteiger partial charge < -0.3 is 4.74 Å². The number of ether oxygens (including phenoxy) is 1. The maximum Gasteiger partial charge on any atom is 0.0814 e. The maximum atomic E-state index is 6.03. The first-order valence-corrected chi connectivity index (χ1v) is 6.80. The second-order valence-electron chi connectivity index (χ2n) is 3.29. The highest BCUT2D eigenvalue weighted by molar-refractivity contribution is 9.11. The lowest BCUT2D eigenvalue weighted by atomic mass is 10.2. The van der Waals surface area contributed by atoms with E-state index in [1.54, 1.807) is 11.3 Å². The third kappa shape index (κ3) is 3.32. The van der Waals surface area contributed by atoms with E-state index in [4.69, 9.17) is 16.3 Å². The molecule has 0 N–H and O–H groups in total.